The number of rotatable bonds is 11. The van der Waals surface area contributed by atoms with Gasteiger partial charge in [-0.1, -0.05) is 65.7 Å². The van der Waals surface area contributed by atoms with Crippen LogP contribution in [0.3, 0.4) is 0 Å². The fourth-order valence-corrected chi connectivity index (χ4v) is 3.86. The molecule has 0 amide bonds. The van der Waals surface area contributed by atoms with Crippen LogP contribution in [0.1, 0.15) is 91.4 Å². The Morgan fingerprint density at radius 3 is 2.00 bits per heavy atom. The second kappa shape index (κ2) is 9.55. The monoisotopic (exact) mass is 281 g/mol. The van der Waals surface area contributed by atoms with E-state index in [9.17, 15) is 4.79 Å². The molecule has 0 atom stereocenters. The molecular formula is C18H35NO. The highest BCUT2D eigenvalue weighted by Gasteiger charge is 2.43. The Bertz CT molecular complexity index is 265. The summed E-state index contributed by atoms with van der Waals surface area (Å²) < 4.78 is 0. The fourth-order valence-electron chi connectivity index (χ4n) is 3.86. The summed E-state index contributed by atoms with van der Waals surface area (Å²) in [6, 6.07) is 0. The Balaban J connectivity index is 2.41. The van der Waals surface area contributed by atoms with E-state index < -0.39 is 0 Å². The van der Waals surface area contributed by atoms with Crippen LogP contribution in [0, 0.1) is 0 Å². The van der Waals surface area contributed by atoms with Gasteiger partial charge in [-0.15, -0.1) is 0 Å². The number of ketones is 1. The Labute approximate surface area is 126 Å². The Morgan fingerprint density at radius 2 is 1.45 bits per heavy atom. The van der Waals surface area contributed by atoms with E-state index in [1.807, 2.05) is 0 Å². The summed E-state index contributed by atoms with van der Waals surface area (Å²) in [5, 5.41) is 0. The molecular weight excluding hydrogens is 246 g/mol. The number of hydrogen-bond acceptors (Lipinski definition) is 2. The second-order valence-corrected chi connectivity index (χ2v) is 6.35. The number of nitrogens with zero attached hydrogens (tertiary/aromatic N) is 1. The van der Waals surface area contributed by atoms with Crippen molar-refractivity contribution in [2.24, 2.45) is 0 Å². The molecule has 2 heteroatoms. The first-order valence-electron chi connectivity index (χ1n) is 8.99. The molecule has 0 aromatic heterocycles. The summed E-state index contributed by atoms with van der Waals surface area (Å²) in [5.74, 6) is 0.536. The lowest BCUT2D eigenvalue weighted by atomic mass is 9.86. The van der Waals surface area contributed by atoms with E-state index in [0.29, 0.717) is 5.78 Å². The molecule has 20 heavy (non-hydrogen) atoms. The van der Waals surface area contributed by atoms with Crippen LogP contribution < -0.4 is 0 Å². The molecule has 0 spiro atoms. The molecule has 0 radical (unpaired) electrons. The Morgan fingerprint density at radius 1 is 0.900 bits per heavy atom. The van der Waals surface area contributed by atoms with Crippen LogP contribution in [0.25, 0.3) is 0 Å². The van der Waals surface area contributed by atoms with Crippen molar-refractivity contribution in [2.75, 3.05) is 13.1 Å². The average molecular weight is 281 g/mol. The van der Waals surface area contributed by atoms with Gasteiger partial charge in [-0.2, -0.15) is 0 Å². The van der Waals surface area contributed by atoms with E-state index in [1.165, 1.54) is 44.9 Å². The van der Waals surface area contributed by atoms with Gasteiger partial charge in [-0.05, 0) is 32.4 Å². The summed E-state index contributed by atoms with van der Waals surface area (Å²) in [5.41, 5.74) is -0.0904. The minimum absolute atomic E-state index is 0.0904. The molecule has 0 bridgehead atoms. The summed E-state index contributed by atoms with van der Waals surface area (Å²) in [7, 11) is 0. The van der Waals surface area contributed by atoms with Gasteiger partial charge in [0.25, 0.3) is 0 Å². The zero-order valence-electron chi connectivity index (χ0n) is 14.0. The van der Waals surface area contributed by atoms with Crippen LogP contribution >= 0.6 is 0 Å². The highest BCUT2D eigenvalue weighted by Crippen LogP contribution is 2.37. The van der Waals surface area contributed by atoms with Gasteiger partial charge in [0.05, 0.1) is 5.54 Å². The van der Waals surface area contributed by atoms with Crippen molar-refractivity contribution >= 4 is 5.78 Å². The number of likely N-dealkylation sites (N-methyl/N-ethyl adjacent to an activating group) is 1. The molecule has 0 heterocycles. The van der Waals surface area contributed by atoms with Gasteiger partial charge in [0.2, 0.25) is 0 Å². The molecule has 1 fully saturated rings. The largest absolute Gasteiger partial charge is 0.298 e. The van der Waals surface area contributed by atoms with Gasteiger partial charge in [0.15, 0.2) is 5.78 Å². The first-order valence-corrected chi connectivity index (χ1v) is 8.99. The van der Waals surface area contributed by atoms with Crippen molar-refractivity contribution in [3.63, 3.8) is 0 Å². The highest BCUT2D eigenvalue weighted by molar-refractivity contribution is 5.88. The van der Waals surface area contributed by atoms with Gasteiger partial charge in [-0.25, -0.2) is 0 Å². The minimum Gasteiger partial charge on any atom is -0.298 e. The maximum absolute atomic E-state index is 12.8. The van der Waals surface area contributed by atoms with Crippen LogP contribution in [0.5, 0.6) is 0 Å². The maximum atomic E-state index is 12.8. The molecule has 1 aliphatic rings. The number of unbranched alkanes of at least 4 members (excludes halogenated alkanes) is 5. The molecule has 1 saturated carbocycles. The third-order valence-electron chi connectivity index (χ3n) is 5.08. The number of carbonyl (C=O) groups excluding carboxylic acids is 1. The molecule has 118 valence electrons. The normalized spacial score (nSPS) is 17.8. The van der Waals surface area contributed by atoms with Crippen LogP contribution in [-0.2, 0) is 4.79 Å². The van der Waals surface area contributed by atoms with E-state index in [2.05, 4.69) is 25.7 Å². The van der Waals surface area contributed by atoms with Gasteiger partial charge in [0.1, 0.15) is 0 Å². The molecule has 0 aromatic rings. The van der Waals surface area contributed by atoms with Gasteiger partial charge in [0, 0.05) is 6.42 Å². The highest BCUT2D eigenvalue weighted by atomic mass is 16.1. The summed E-state index contributed by atoms with van der Waals surface area (Å²) >= 11 is 0. The lowest BCUT2D eigenvalue weighted by molar-refractivity contribution is -0.131. The van der Waals surface area contributed by atoms with Crippen molar-refractivity contribution in [2.45, 2.75) is 96.9 Å². The van der Waals surface area contributed by atoms with Crippen LogP contribution in [-0.4, -0.2) is 29.3 Å². The van der Waals surface area contributed by atoms with E-state index in [0.717, 1.165) is 38.8 Å². The van der Waals surface area contributed by atoms with E-state index >= 15 is 0 Å². The number of carbonyl (C=O) groups is 1. The molecule has 0 saturated heterocycles. The number of Topliss-reactive ketones (excluding diaryl/α,β-unsaturated/α-hetero) is 1. The molecule has 1 aliphatic carbocycles. The SMILES string of the molecule is CCCCCCCCC(=O)C1(N(CC)CC)CCCC1. The zero-order valence-corrected chi connectivity index (χ0v) is 14.0. The first-order chi connectivity index (χ1) is 9.71. The van der Waals surface area contributed by atoms with Crippen LogP contribution in [0.2, 0.25) is 0 Å². The average Bonchev–Trinajstić information content (AvgIpc) is 2.94. The third-order valence-corrected chi connectivity index (χ3v) is 5.08. The van der Waals surface area contributed by atoms with Crippen molar-refractivity contribution in [3.05, 3.63) is 0 Å². The zero-order chi connectivity index (χ0) is 14.8. The molecule has 0 N–H and O–H groups in total. The smallest absolute Gasteiger partial charge is 0.153 e. The number of hydrogen-bond donors (Lipinski definition) is 0. The van der Waals surface area contributed by atoms with Gasteiger partial charge >= 0.3 is 0 Å². The lowest BCUT2D eigenvalue weighted by Gasteiger charge is -2.39. The quantitative estimate of drug-likeness (QED) is 0.499. The molecule has 0 aliphatic heterocycles. The minimum atomic E-state index is -0.0904. The van der Waals surface area contributed by atoms with Crippen LogP contribution in [0.15, 0.2) is 0 Å². The predicted octanol–water partition coefficient (Wildman–Crippen LogP) is 4.96. The van der Waals surface area contributed by atoms with Crippen molar-refractivity contribution in [3.8, 4) is 0 Å². The van der Waals surface area contributed by atoms with Crippen molar-refractivity contribution in [1.82, 2.24) is 4.90 Å². The lowest BCUT2D eigenvalue weighted by Crippen LogP contribution is -2.52. The van der Waals surface area contributed by atoms with Gasteiger partial charge in [-0.3, -0.25) is 9.69 Å². The summed E-state index contributed by atoms with van der Waals surface area (Å²) in [4.78, 5) is 15.2. The Hall–Kier alpha value is -0.370. The fraction of sp³-hybridized carbons (Fsp3) is 0.944. The topological polar surface area (TPSA) is 20.3 Å². The van der Waals surface area contributed by atoms with Crippen LogP contribution in [0.4, 0.5) is 0 Å². The predicted molar refractivity (Wildman–Crippen MR) is 87.1 cm³/mol. The molecule has 0 unspecified atom stereocenters. The van der Waals surface area contributed by atoms with E-state index in [4.69, 9.17) is 0 Å². The van der Waals surface area contributed by atoms with E-state index in [1.54, 1.807) is 0 Å². The van der Waals surface area contributed by atoms with E-state index in [-0.39, 0.29) is 5.54 Å². The Kier molecular flexibility index (Phi) is 8.44. The standard InChI is InChI=1S/C18H35NO/c1-4-7-8-9-10-11-14-17(20)18(15-12-13-16-18)19(5-2)6-3/h4-16H2,1-3H3. The molecule has 1 rings (SSSR count). The molecule has 0 aromatic carbocycles. The maximum Gasteiger partial charge on any atom is 0.153 e. The van der Waals surface area contributed by atoms with Crippen molar-refractivity contribution < 1.29 is 4.79 Å². The first kappa shape index (κ1) is 17.7. The summed E-state index contributed by atoms with van der Waals surface area (Å²) in [6.07, 6.45) is 13.1. The van der Waals surface area contributed by atoms with Gasteiger partial charge < -0.3 is 0 Å². The summed E-state index contributed by atoms with van der Waals surface area (Å²) in [6.45, 7) is 8.66. The second-order valence-electron chi connectivity index (χ2n) is 6.35. The van der Waals surface area contributed by atoms with Crippen molar-refractivity contribution in [1.29, 1.82) is 0 Å². The molecule has 2 nitrogen and oxygen atoms in total. The third kappa shape index (κ3) is 4.58.